The lowest BCUT2D eigenvalue weighted by molar-refractivity contribution is -0.114. The monoisotopic (exact) mass is 400 g/mol. The average Bonchev–Trinajstić information content (AvgIpc) is 2.72. The molecule has 0 aliphatic carbocycles. The number of hydrogen-bond acceptors (Lipinski definition) is 6. The maximum Gasteiger partial charge on any atom is 0.252 e. The van der Waals surface area contributed by atoms with Crippen molar-refractivity contribution in [3.05, 3.63) is 77.4 Å². The lowest BCUT2D eigenvalue weighted by Crippen LogP contribution is -2.16. The number of carbonyl (C=O) groups excluding carboxylic acids is 2. The maximum atomic E-state index is 11.9. The molecular weight excluding hydrogens is 380 g/mol. The number of nitrogens with one attached hydrogen (secondary N) is 3. The van der Waals surface area contributed by atoms with E-state index in [-0.39, 0.29) is 22.9 Å². The number of pyridine rings is 1. The summed E-state index contributed by atoms with van der Waals surface area (Å²) in [4.78, 5) is 27.7. The number of hydrogen-bond donors (Lipinski definition) is 4. The van der Waals surface area contributed by atoms with Crippen LogP contribution in [0.2, 0.25) is 0 Å². The second-order valence-corrected chi connectivity index (χ2v) is 6.48. The fraction of sp³-hybridized carbons (Fsp3) is 0.0909. The molecule has 3 aromatic rings. The van der Waals surface area contributed by atoms with Crippen LogP contribution in [0.1, 0.15) is 28.4 Å². The highest BCUT2D eigenvalue weighted by molar-refractivity contribution is 5.99. The Hall–Kier alpha value is -4.38. The van der Waals surface area contributed by atoms with Gasteiger partial charge in [0.1, 0.15) is 17.7 Å². The van der Waals surface area contributed by atoms with Gasteiger partial charge in [0, 0.05) is 24.8 Å². The number of amides is 2. The van der Waals surface area contributed by atoms with Gasteiger partial charge in [0.05, 0.1) is 11.1 Å². The van der Waals surface area contributed by atoms with Crippen molar-refractivity contribution >= 4 is 34.8 Å². The van der Waals surface area contributed by atoms with Gasteiger partial charge < -0.3 is 21.7 Å². The van der Waals surface area contributed by atoms with Crippen LogP contribution in [0, 0.1) is 11.3 Å². The standard InChI is InChI=1S/C22H20N6O2/c1-14(29)26-17-8-5-9-18(11-17)27-22-19(20(24)30)10-16(12-23)21(28-22)25-13-15-6-3-2-4-7-15/h2-11H,13H2,1H3,(H2,24,30)(H,26,29)(H2,25,27,28). The quantitative estimate of drug-likeness (QED) is 0.481. The van der Waals surface area contributed by atoms with E-state index in [2.05, 4.69) is 20.9 Å². The van der Waals surface area contributed by atoms with E-state index in [1.165, 1.54) is 13.0 Å². The number of aromatic nitrogens is 1. The van der Waals surface area contributed by atoms with E-state index in [1.54, 1.807) is 24.3 Å². The van der Waals surface area contributed by atoms with E-state index in [9.17, 15) is 14.9 Å². The molecule has 3 rings (SSSR count). The third-order valence-corrected chi connectivity index (χ3v) is 4.16. The third-order valence-electron chi connectivity index (χ3n) is 4.16. The van der Waals surface area contributed by atoms with E-state index in [1.807, 2.05) is 36.4 Å². The minimum atomic E-state index is -0.714. The van der Waals surface area contributed by atoms with Crippen molar-refractivity contribution in [1.82, 2.24) is 4.98 Å². The van der Waals surface area contributed by atoms with Gasteiger partial charge in [0.25, 0.3) is 5.91 Å². The molecule has 1 aromatic heterocycles. The molecule has 0 bridgehead atoms. The smallest absolute Gasteiger partial charge is 0.252 e. The summed E-state index contributed by atoms with van der Waals surface area (Å²) in [6.45, 7) is 1.87. The predicted octanol–water partition coefficient (Wildman–Crippen LogP) is 3.37. The van der Waals surface area contributed by atoms with E-state index < -0.39 is 5.91 Å². The number of carbonyl (C=O) groups is 2. The molecule has 0 saturated carbocycles. The van der Waals surface area contributed by atoms with Crippen molar-refractivity contribution in [2.24, 2.45) is 5.73 Å². The van der Waals surface area contributed by atoms with Crippen molar-refractivity contribution in [3.8, 4) is 6.07 Å². The zero-order valence-electron chi connectivity index (χ0n) is 16.3. The Balaban J connectivity index is 1.93. The number of nitriles is 1. The number of primary amides is 1. The number of rotatable bonds is 7. The fourth-order valence-electron chi connectivity index (χ4n) is 2.81. The molecule has 0 atom stereocenters. The summed E-state index contributed by atoms with van der Waals surface area (Å²) in [6.07, 6.45) is 0. The number of benzene rings is 2. The van der Waals surface area contributed by atoms with Crippen LogP contribution in [0.25, 0.3) is 0 Å². The Morgan fingerprint density at radius 3 is 2.43 bits per heavy atom. The first-order chi connectivity index (χ1) is 14.5. The van der Waals surface area contributed by atoms with Gasteiger partial charge in [-0.25, -0.2) is 4.98 Å². The summed E-state index contributed by atoms with van der Waals surface area (Å²) in [5.74, 6) is -0.382. The summed E-state index contributed by atoms with van der Waals surface area (Å²) in [5, 5.41) is 18.3. The number of nitrogens with two attached hydrogens (primary N) is 1. The SMILES string of the molecule is CC(=O)Nc1cccc(Nc2nc(NCc3ccccc3)c(C#N)cc2C(N)=O)c1. The second-order valence-electron chi connectivity index (χ2n) is 6.48. The van der Waals surface area contributed by atoms with Crippen molar-refractivity contribution in [3.63, 3.8) is 0 Å². The molecular formula is C22H20N6O2. The van der Waals surface area contributed by atoms with Crippen LogP contribution in [0.4, 0.5) is 23.0 Å². The number of nitrogens with zero attached hydrogens (tertiary/aromatic N) is 2. The molecule has 150 valence electrons. The minimum absolute atomic E-state index is 0.0849. The number of anilines is 4. The predicted molar refractivity (Wildman–Crippen MR) is 115 cm³/mol. The molecule has 2 amide bonds. The second kappa shape index (κ2) is 9.21. The highest BCUT2D eigenvalue weighted by Crippen LogP contribution is 2.26. The summed E-state index contributed by atoms with van der Waals surface area (Å²) >= 11 is 0. The van der Waals surface area contributed by atoms with Crippen molar-refractivity contribution in [2.45, 2.75) is 13.5 Å². The first kappa shape index (κ1) is 20.4. The van der Waals surface area contributed by atoms with E-state index in [4.69, 9.17) is 5.73 Å². The van der Waals surface area contributed by atoms with Crippen LogP contribution in [-0.4, -0.2) is 16.8 Å². The molecule has 0 unspecified atom stereocenters. The molecule has 0 radical (unpaired) electrons. The molecule has 5 N–H and O–H groups in total. The van der Waals surface area contributed by atoms with E-state index >= 15 is 0 Å². The molecule has 2 aromatic carbocycles. The van der Waals surface area contributed by atoms with Crippen LogP contribution < -0.4 is 21.7 Å². The average molecular weight is 400 g/mol. The van der Waals surface area contributed by atoms with Gasteiger partial charge in [-0.1, -0.05) is 36.4 Å². The van der Waals surface area contributed by atoms with Gasteiger partial charge in [-0.3, -0.25) is 9.59 Å². The topological polar surface area (TPSA) is 133 Å². The Morgan fingerprint density at radius 2 is 1.77 bits per heavy atom. The molecule has 8 nitrogen and oxygen atoms in total. The van der Waals surface area contributed by atoms with Crippen LogP contribution in [-0.2, 0) is 11.3 Å². The molecule has 0 spiro atoms. The first-order valence-corrected chi connectivity index (χ1v) is 9.13. The highest BCUT2D eigenvalue weighted by atomic mass is 16.1. The van der Waals surface area contributed by atoms with Crippen LogP contribution in [0.15, 0.2) is 60.7 Å². The molecule has 0 saturated heterocycles. The van der Waals surface area contributed by atoms with Crippen molar-refractivity contribution in [1.29, 1.82) is 5.26 Å². The third kappa shape index (κ3) is 5.11. The Labute approximate surface area is 173 Å². The summed E-state index contributed by atoms with van der Waals surface area (Å²) in [5.41, 5.74) is 7.98. The zero-order valence-corrected chi connectivity index (χ0v) is 16.3. The van der Waals surface area contributed by atoms with Gasteiger partial charge in [0.2, 0.25) is 5.91 Å². The lowest BCUT2D eigenvalue weighted by Gasteiger charge is -2.14. The van der Waals surface area contributed by atoms with Gasteiger partial charge in [0.15, 0.2) is 0 Å². The molecule has 0 aliphatic heterocycles. The highest BCUT2D eigenvalue weighted by Gasteiger charge is 2.16. The summed E-state index contributed by atoms with van der Waals surface area (Å²) in [6, 6.07) is 20.0. The van der Waals surface area contributed by atoms with Gasteiger partial charge in [-0.15, -0.1) is 0 Å². The zero-order chi connectivity index (χ0) is 21.5. The Kier molecular flexibility index (Phi) is 6.25. The molecule has 0 fully saturated rings. The molecule has 8 heteroatoms. The lowest BCUT2D eigenvalue weighted by atomic mass is 10.1. The maximum absolute atomic E-state index is 11.9. The summed E-state index contributed by atoms with van der Waals surface area (Å²) in [7, 11) is 0. The largest absolute Gasteiger partial charge is 0.365 e. The van der Waals surface area contributed by atoms with Gasteiger partial charge in [-0.2, -0.15) is 5.26 Å². The Morgan fingerprint density at radius 1 is 1.03 bits per heavy atom. The van der Waals surface area contributed by atoms with Crippen LogP contribution >= 0.6 is 0 Å². The van der Waals surface area contributed by atoms with Gasteiger partial charge >= 0.3 is 0 Å². The molecule has 1 heterocycles. The van der Waals surface area contributed by atoms with Crippen LogP contribution in [0.3, 0.4) is 0 Å². The van der Waals surface area contributed by atoms with Crippen molar-refractivity contribution < 1.29 is 9.59 Å². The summed E-state index contributed by atoms with van der Waals surface area (Å²) < 4.78 is 0. The molecule has 0 aliphatic rings. The Bertz CT molecular complexity index is 1120. The first-order valence-electron chi connectivity index (χ1n) is 9.13. The van der Waals surface area contributed by atoms with Crippen LogP contribution in [0.5, 0.6) is 0 Å². The minimum Gasteiger partial charge on any atom is -0.365 e. The van der Waals surface area contributed by atoms with Crippen molar-refractivity contribution in [2.75, 3.05) is 16.0 Å². The van der Waals surface area contributed by atoms with E-state index in [0.717, 1.165) is 5.56 Å². The normalized spacial score (nSPS) is 10.0. The van der Waals surface area contributed by atoms with E-state index in [0.29, 0.717) is 23.7 Å². The fourth-order valence-corrected chi connectivity index (χ4v) is 2.81. The van der Waals surface area contributed by atoms with Gasteiger partial charge in [-0.05, 0) is 29.8 Å². The molecule has 30 heavy (non-hydrogen) atoms.